The highest BCUT2D eigenvalue weighted by molar-refractivity contribution is 7.80. The third-order valence-corrected chi connectivity index (χ3v) is 3.97. The van der Waals surface area contributed by atoms with Gasteiger partial charge in [-0.05, 0) is 49.5 Å². The number of anilines is 1. The molecule has 1 aromatic carbocycles. The van der Waals surface area contributed by atoms with Crippen LogP contribution >= 0.6 is 35.4 Å². The molecule has 2 aromatic heterocycles. The molecule has 132 valence electrons. The van der Waals surface area contributed by atoms with Gasteiger partial charge in [0, 0.05) is 11.3 Å². The number of aromatic nitrogens is 2. The first-order valence-corrected chi connectivity index (χ1v) is 8.57. The fourth-order valence-corrected chi connectivity index (χ4v) is 2.80. The van der Waals surface area contributed by atoms with E-state index in [1.807, 2.05) is 12.1 Å². The van der Waals surface area contributed by atoms with Crippen molar-refractivity contribution in [2.24, 2.45) is 0 Å². The topological polar surface area (TPSA) is 80.0 Å². The van der Waals surface area contributed by atoms with E-state index in [1.54, 1.807) is 31.2 Å². The molecule has 0 bridgehead atoms. The van der Waals surface area contributed by atoms with E-state index < -0.39 is 5.91 Å². The number of benzene rings is 1. The van der Waals surface area contributed by atoms with Crippen molar-refractivity contribution in [3.8, 4) is 11.3 Å². The molecule has 1 amide bonds. The molecule has 3 rings (SSSR count). The van der Waals surface area contributed by atoms with E-state index in [2.05, 4.69) is 20.6 Å². The van der Waals surface area contributed by atoms with E-state index in [-0.39, 0.29) is 22.0 Å². The monoisotopic (exact) mass is 406 g/mol. The third-order valence-electron chi connectivity index (χ3n) is 3.24. The van der Waals surface area contributed by atoms with Crippen molar-refractivity contribution in [3.05, 3.63) is 64.1 Å². The molecular formula is C17H12Cl2N4O2S. The Kier molecular flexibility index (Phi) is 5.51. The zero-order valence-corrected chi connectivity index (χ0v) is 15.7. The van der Waals surface area contributed by atoms with Crippen LogP contribution in [0.4, 0.5) is 5.95 Å². The van der Waals surface area contributed by atoms with Crippen molar-refractivity contribution in [2.75, 3.05) is 5.32 Å². The minimum atomic E-state index is -0.514. The molecule has 9 heteroatoms. The average molecular weight is 407 g/mol. The molecule has 0 aliphatic carbocycles. The van der Waals surface area contributed by atoms with E-state index in [4.69, 9.17) is 39.8 Å². The Balaban J connectivity index is 1.68. The predicted molar refractivity (Wildman–Crippen MR) is 105 cm³/mol. The normalized spacial score (nSPS) is 10.4. The number of amides is 1. The highest BCUT2D eigenvalue weighted by Crippen LogP contribution is 2.28. The predicted octanol–water partition coefficient (Wildman–Crippen LogP) is 4.48. The van der Waals surface area contributed by atoms with Gasteiger partial charge < -0.3 is 9.73 Å². The average Bonchev–Trinajstić information content (AvgIpc) is 3.04. The number of carbonyl (C=O) groups is 1. The number of nitrogens with one attached hydrogen (secondary N) is 2. The van der Waals surface area contributed by atoms with Gasteiger partial charge in [0.1, 0.15) is 10.9 Å². The second-order valence-electron chi connectivity index (χ2n) is 5.21. The second kappa shape index (κ2) is 7.82. The molecule has 0 aliphatic rings. The van der Waals surface area contributed by atoms with Gasteiger partial charge in [-0.3, -0.25) is 10.1 Å². The summed E-state index contributed by atoms with van der Waals surface area (Å²) in [5.74, 6) is 0.247. The van der Waals surface area contributed by atoms with Gasteiger partial charge in [0.25, 0.3) is 5.91 Å². The Morgan fingerprint density at radius 2 is 1.92 bits per heavy atom. The van der Waals surface area contributed by atoms with E-state index >= 15 is 0 Å². The number of nitrogens with zero attached hydrogens (tertiary/aromatic N) is 2. The van der Waals surface area contributed by atoms with Crippen LogP contribution in [0.3, 0.4) is 0 Å². The summed E-state index contributed by atoms with van der Waals surface area (Å²) in [6, 6.07) is 12.0. The summed E-state index contributed by atoms with van der Waals surface area (Å²) >= 11 is 17.1. The number of hydrogen-bond acceptors (Lipinski definition) is 5. The summed E-state index contributed by atoms with van der Waals surface area (Å²) in [7, 11) is 0. The van der Waals surface area contributed by atoms with Gasteiger partial charge in [0.15, 0.2) is 10.9 Å². The number of thiocarbonyl (C=S) groups is 1. The number of rotatable bonds is 3. The smallest absolute Gasteiger partial charge is 0.293 e. The lowest BCUT2D eigenvalue weighted by Crippen LogP contribution is -2.34. The van der Waals surface area contributed by atoms with Gasteiger partial charge in [-0.2, -0.15) is 0 Å². The molecule has 0 saturated heterocycles. The number of hydrogen-bond donors (Lipinski definition) is 2. The summed E-state index contributed by atoms with van der Waals surface area (Å²) in [5, 5.41) is 6.01. The maximum Gasteiger partial charge on any atom is 0.293 e. The molecule has 0 saturated carbocycles. The summed E-state index contributed by atoms with van der Waals surface area (Å²) in [6.45, 7) is 1.76. The lowest BCUT2D eigenvalue weighted by atomic mass is 10.2. The fraction of sp³-hybridized carbons (Fsp3) is 0.0588. The zero-order chi connectivity index (χ0) is 18.7. The van der Waals surface area contributed by atoms with Crippen molar-refractivity contribution in [1.82, 2.24) is 15.3 Å². The van der Waals surface area contributed by atoms with E-state index in [9.17, 15) is 4.79 Å². The number of halogens is 2. The highest BCUT2D eigenvalue weighted by atomic mass is 35.5. The van der Waals surface area contributed by atoms with Crippen molar-refractivity contribution < 1.29 is 9.21 Å². The Morgan fingerprint density at radius 1 is 1.15 bits per heavy atom. The Hall–Kier alpha value is -2.48. The first kappa shape index (κ1) is 18.3. The number of furan rings is 1. The first-order valence-electron chi connectivity index (χ1n) is 7.40. The quantitative estimate of drug-likeness (QED) is 0.492. The van der Waals surface area contributed by atoms with Gasteiger partial charge >= 0.3 is 0 Å². The van der Waals surface area contributed by atoms with Gasteiger partial charge in [0.2, 0.25) is 5.95 Å². The van der Waals surface area contributed by atoms with Crippen molar-refractivity contribution in [3.63, 3.8) is 0 Å². The Bertz CT molecular complexity index is 970. The summed E-state index contributed by atoms with van der Waals surface area (Å²) in [5.41, 5.74) is 1.36. The van der Waals surface area contributed by atoms with E-state index in [0.29, 0.717) is 22.0 Å². The number of carbonyl (C=O) groups excluding carboxylic acids is 1. The molecule has 2 heterocycles. The van der Waals surface area contributed by atoms with Crippen LogP contribution in [0.2, 0.25) is 10.2 Å². The van der Waals surface area contributed by atoms with E-state index in [1.165, 1.54) is 6.07 Å². The second-order valence-corrected chi connectivity index (χ2v) is 6.41. The molecule has 3 aromatic rings. The fourth-order valence-electron chi connectivity index (χ4n) is 2.15. The Labute approximate surface area is 164 Å². The van der Waals surface area contributed by atoms with Crippen LogP contribution in [-0.2, 0) is 0 Å². The molecule has 0 unspecified atom stereocenters. The molecule has 2 N–H and O–H groups in total. The van der Waals surface area contributed by atoms with Crippen molar-refractivity contribution in [1.29, 1.82) is 0 Å². The van der Waals surface area contributed by atoms with Gasteiger partial charge in [0.05, 0.1) is 5.02 Å². The van der Waals surface area contributed by atoms with Gasteiger partial charge in [-0.25, -0.2) is 9.97 Å². The molecule has 0 radical (unpaired) electrons. The lowest BCUT2D eigenvalue weighted by Gasteiger charge is -2.08. The van der Waals surface area contributed by atoms with Crippen LogP contribution in [0, 0.1) is 6.92 Å². The first-order chi connectivity index (χ1) is 12.4. The molecule has 0 spiro atoms. The molecule has 26 heavy (non-hydrogen) atoms. The largest absolute Gasteiger partial charge is 0.451 e. The van der Waals surface area contributed by atoms with Crippen LogP contribution in [0.1, 0.15) is 16.2 Å². The molecular weight excluding hydrogens is 395 g/mol. The molecule has 0 atom stereocenters. The minimum Gasteiger partial charge on any atom is -0.451 e. The summed E-state index contributed by atoms with van der Waals surface area (Å²) in [4.78, 5) is 20.4. The molecule has 0 aliphatic heterocycles. The van der Waals surface area contributed by atoms with Gasteiger partial charge in [-0.15, -0.1) is 0 Å². The van der Waals surface area contributed by atoms with Crippen LogP contribution in [0.25, 0.3) is 11.3 Å². The maximum atomic E-state index is 12.3. The lowest BCUT2D eigenvalue weighted by molar-refractivity contribution is 0.0951. The Morgan fingerprint density at radius 3 is 2.65 bits per heavy atom. The highest BCUT2D eigenvalue weighted by Gasteiger charge is 2.15. The van der Waals surface area contributed by atoms with Crippen LogP contribution in [0.5, 0.6) is 0 Å². The third kappa shape index (κ3) is 4.37. The SMILES string of the molecule is Cc1cc(Cl)nc(NC(=S)NC(=O)c2ccc(-c3ccccc3Cl)o2)n1. The van der Waals surface area contributed by atoms with E-state index in [0.717, 1.165) is 0 Å². The zero-order valence-electron chi connectivity index (χ0n) is 13.4. The van der Waals surface area contributed by atoms with Crippen molar-refractivity contribution in [2.45, 2.75) is 6.92 Å². The van der Waals surface area contributed by atoms with Crippen LogP contribution in [-0.4, -0.2) is 21.0 Å². The maximum absolute atomic E-state index is 12.3. The molecule has 0 fully saturated rings. The molecule has 6 nitrogen and oxygen atoms in total. The minimum absolute atomic E-state index is 0.0207. The van der Waals surface area contributed by atoms with Crippen LogP contribution < -0.4 is 10.6 Å². The van der Waals surface area contributed by atoms with Crippen molar-refractivity contribution >= 4 is 52.4 Å². The summed E-state index contributed by atoms with van der Waals surface area (Å²) in [6.07, 6.45) is 0. The summed E-state index contributed by atoms with van der Waals surface area (Å²) < 4.78 is 5.57. The van der Waals surface area contributed by atoms with Gasteiger partial charge in [-0.1, -0.05) is 35.3 Å². The standard InChI is InChI=1S/C17H12Cl2N4O2S/c1-9-8-14(19)21-16(20-9)23-17(26)22-15(24)13-7-6-12(25-13)10-4-2-3-5-11(10)18/h2-8H,1H3,(H2,20,21,22,23,24,26). The number of aryl methyl sites for hydroxylation is 1. The van der Waals surface area contributed by atoms with Crippen LogP contribution in [0.15, 0.2) is 46.9 Å².